The predicted octanol–water partition coefficient (Wildman–Crippen LogP) is 1.20. The van der Waals surface area contributed by atoms with Crippen LogP contribution in [0.25, 0.3) is 0 Å². The summed E-state index contributed by atoms with van der Waals surface area (Å²) in [7, 11) is 0. The molecule has 0 radical (unpaired) electrons. The average molecular weight is 307 g/mol. The van der Waals surface area contributed by atoms with Crippen molar-refractivity contribution in [3.63, 3.8) is 0 Å². The first-order valence-corrected chi connectivity index (χ1v) is 7.33. The molecule has 0 spiro atoms. The number of alkyl carbamates (subject to hydrolysis) is 1. The number of amides is 2. The third-order valence-corrected chi connectivity index (χ3v) is 2.73. The van der Waals surface area contributed by atoms with E-state index in [0.29, 0.717) is 19.5 Å². The van der Waals surface area contributed by atoms with Crippen molar-refractivity contribution in [2.45, 2.75) is 38.8 Å². The Labute approximate surface area is 131 Å². The molecule has 0 aliphatic heterocycles. The second-order valence-corrected chi connectivity index (χ2v) is 5.97. The number of nitrogens with one attached hydrogen (secondary N) is 2. The van der Waals surface area contributed by atoms with Crippen LogP contribution in [-0.2, 0) is 16.0 Å². The van der Waals surface area contributed by atoms with E-state index >= 15 is 0 Å². The summed E-state index contributed by atoms with van der Waals surface area (Å²) >= 11 is 0. The molecule has 122 valence electrons. The number of hydrogen-bond donors (Lipinski definition) is 3. The fourth-order valence-electron chi connectivity index (χ4n) is 1.83. The minimum atomic E-state index is -0.705. The van der Waals surface area contributed by atoms with E-state index in [1.165, 1.54) is 0 Å². The number of rotatable bonds is 6. The second-order valence-electron chi connectivity index (χ2n) is 5.97. The maximum Gasteiger partial charge on any atom is 0.408 e. The summed E-state index contributed by atoms with van der Waals surface area (Å²) in [5.41, 5.74) is 5.72. The highest BCUT2D eigenvalue weighted by atomic mass is 16.6. The number of benzene rings is 1. The zero-order valence-electron chi connectivity index (χ0n) is 13.4. The van der Waals surface area contributed by atoms with Crippen molar-refractivity contribution in [2.24, 2.45) is 5.73 Å². The Bertz CT molecular complexity index is 483. The fourth-order valence-corrected chi connectivity index (χ4v) is 1.83. The molecule has 0 saturated carbocycles. The van der Waals surface area contributed by atoms with Crippen molar-refractivity contribution < 1.29 is 14.3 Å². The lowest BCUT2D eigenvalue weighted by atomic mass is 10.1. The third-order valence-electron chi connectivity index (χ3n) is 2.73. The summed E-state index contributed by atoms with van der Waals surface area (Å²) in [5, 5.41) is 5.30. The second kappa shape index (κ2) is 8.38. The van der Waals surface area contributed by atoms with Crippen LogP contribution in [0.5, 0.6) is 0 Å². The molecular weight excluding hydrogens is 282 g/mol. The van der Waals surface area contributed by atoms with Gasteiger partial charge in [-0.25, -0.2) is 4.79 Å². The van der Waals surface area contributed by atoms with Gasteiger partial charge in [0.1, 0.15) is 11.6 Å². The van der Waals surface area contributed by atoms with Crippen LogP contribution in [-0.4, -0.2) is 36.7 Å². The van der Waals surface area contributed by atoms with Crippen molar-refractivity contribution in [2.75, 3.05) is 13.1 Å². The largest absolute Gasteiger partial charge is 0.444 e. The van der Waals surface area contributed by atoms with E-state index in [2.05, 4.69) is 10.6 Å². The minimum absolute atomic E-state index is 0.278. The number of carbonyl (C=O) groups excluding carboxylic acids is 2. The van der Waals surface area contributed by atoms with Crippen LogP contribution < -0.4 is 16.4 Å². The van der Waals surface area contributed by atoms with Crippen LogP contribution in [0, 0.1) is 0 Å². The normalized spacial score (nSPS) is 12.4. The Morgan fingerprint density at radius 1 is 1.23 bits per heavy atom. The maximum absolute atomic E-state index is 12.2. The molecule has 0 aromatic heterocycles. The molecule has 0 bridgehead atoms. The Balaban J connectivity index is 2.73. The van der Waals surface area contributed by atoms with Crippen LogP contribution >= 0.6 is 0 Å². The quantitative estimate of drug-likeness (QED) is 0.736. The Morgan fingerprint density at radius 2 is 1.86 bits per heavy atom. The van der Waals surface area contributed by atoms with Gasteiger partial charge < -0.3 is 21.1 Å². The zero-order chi connectivity index (χ0) is 16.6. The van der Waals surface area contributed by atoms with Crippen molar-refractivity contribution in [1.29, 1.82) is 0 Å². The van der Waals surface area contributed by atoms with Gasteiger partial charge in [0.25, 0.3) is 0 Å². The lowest BCUT2D eigenvalue weighted by molar-refractivity contribution is -0.123. The Kier molecular flexibility index (Phi) is 6.85. The van der Waals surface area contributed by atoms with E-state index < -0.39 is 17.7 Å². The van der Waals surface area contributed by atoms with Crippen LogP contribution in [0.2, 0.25) is 0 Å². The first-order chi connectivity index (χ1) is 10.3. The van der Waals surface area contributed by atoms with Crippen LogP contribution in [0.1, 0.15) is 26.3 Å². The molecule has 6 nitrogen and oxygen atoms in total. The summed E-state index contributed by atoms with van der Waals surface area (Å²) in [6, 6.07) is 8.77. The highest BCUT2D eigenvalue weighted by molar-refractivity contribution is 5.86. The van der Waals surface area contributed by atoms with Crippen LogP contribution in [0.4, 0.5) is 4.79 Å². The van der Waals surface area contributed by atoms with Gasteiger partial charge in [-0.3, -0.25) is 4.79 Å². The van der Waals surface area contributed by atoms with Gasteiger partial charge in [0.15, 0.2) is 0 Å². The molecule has 1 rings (SSSR count). The minimum Gasteiger partial charge on any atom is -0.444 e. The van der Waals surface area contributed by atoms with Crippen molar-refractivity contribution in [3.8, 4) is 0 Å². The van der Waals surface area contributed by atoms with Gasteiger partial charge in [-0.1, -0.05) is 30.3 Å². The van der Waals surface area contributed by atoms with E-state index in [1.54, 1.807) is 20.8 Å². The van der Waals surface area contributed by atoms with Gasteiger partial charge >= 0.3 is 6.09 Å². The molecular formula is C16H25N3O3. The highest BCUT2D eigenvalue weighted by Gasteiger charge is 2.24. The molecule has 0 aliphatic rings. The van der Waals surface area contributed by atoms with Gasteiger partial charge in [0.05, 0.1) is 0 Å². The first kappa shape index (κ1) is 18.0. The van der Waals surface area contributed by atoms with E-state index in [9.17, 15) is 9.59 Å². The molecule has 22 heavy (non-hydrogen) atoms. The summed E-state index contributed by atoms with van der Waals surface area (Å²) in [5.74, 6) is -0.278. The molecule has 1 aromatic carbocycles. The standard InChI is InChI=1S/C16H25N3O3/c1-16(2,3)22-15(21)19-13(14(20)18-10-9-17)11-12-7-5-4-6-8-12/h4-8,13H,9-11,17H2,1-3H3,(H,18,20)(H,19,21). The molecule has 4 N–H and O–H groups in total. The number of nitrogens with two attached hydrogens (primary N) is 1. The maximum atomic E-state index is 12.2. The number of carbonyl (C=O) groups is 2. The molecule has 6 heteroatoms. The van der Waals surface area contributed by atoms with E-state index in [0.717, 1.165) is 5.56 Å². The highest BCUT2D eigenvalue weighted by Crippen LogP contribution is 2.08. The summed E-state index contributed by atoms with van der Waals surface area (Å²) in [6.45, 7) is 6.02. The summed E-state index contributed by atoms with van der Waals surface area (Å²) < 4.78 is 5.21. The van der Waals surface area contributed by atoms with Gasteiger partial charge in [-0.05, 0) is 26.3 Å². The lowest BCUT2D eigenvalue weighted by Crippen LogP contribution is -2.50. The number of hydrogen-bond acceptors (Lipinski definition) is 4. The molecule has 0 aliphatic carbocycles. The molecule has 0 heterocycles. The molecule has 0 fully saturated rings. The average Bonchev–Trinajstić information content (AvgIpc) is 2.43. The summed E-state index contributed by atoms with van der Waals surface area (Å²) in [4.78, 5) is 24.1. The zero-order valence-corrected chi connectivity index (χ0v) is 13.4. The fraction of sp³-hybridized carbons (Fsp3) is 0.500. The summed E-state index contributed by atoms with van der Waals surface area (Å²) in [6.07, 6.45) is -0.229. The van der Waals surface area contributed by atoms with Crippen molar-refractivity contribution >= 4 is 12.0 Å². The SMILES string of the molecule is CC(C)(C)OC(=O)NC(Cc1ccccc1)C(=O)NCCN. The first-order valence-electron chi connectivity index (χ1n) is 7.33. The molecule has 1 atom stereocenters. The van der Waals surface area contributed by atoms with Gasteiger partial charge in [-0.15, -0.1) is 0 Å². The van der Waals surface area contributed by atoms with Crippen molar-refractivity contribution in [3.05, 3.63) is 35.9 Å². The Hall–Kier alpha value is -2.08. The molecule has 1 unspecified atom stereocenters. The topological polar surface area (TPSA) is 93.4 Å². The van der Waals surface area contributed by atoms with Gasteiger partial charge in [0.2, 0.25) is 5.91 Å². The smallest absolute Gasteiger partial charge is 0.408 e. The lowest BCUT2D eigenvalue weighted by Gasteiger charge is -2.23. The van der Waals surface area contributed by atoms with Gasteiger partial charge in [-0.2, -0.15) is 0 Å². The van der Waals surface area contributed by atoms with Crippen LogP contribution in [0.15, 0.2) is 30.3 Å². The van der Waals surface area contributed by atoms with Crippen molar-refractivity contribution in [1.82, 2.24) is 10.6 Å². The molecule has 0 saturated heterocycles. The van der Waals surface area contributed by atoms with Gasteiger partial charge in [0, 0.05) is 19.5 Å². The van der Waals surface area contributed by atoms with E-state index in [1.807, 2.05) is 30.3 Å². The van der Waals surface area contributed by atoms with E-state index in [-0.39, 0.29) is 5.91 Å². The Morgan fingerprint density at radius 3 is 2.41 bits per heavy atom. The monoisotopic (exact) mass is 307 g/mol. The molecule has 1 aromatic rings. The molecule has 2 amide bonds. The van der Waals surface area contributed by atoms with E-state index in [4.69, 9.17) is 10.5 Å². The predicted molar refractivity (Wildman–Crippen MR) is 85.4 cm³/mol. The third kappa shape index (κ3) is 7.08. The number of ether oxygens (including phenoxy) is 1. The van der Waals surface area contributed by atoms with Crippen LogP contribution in [0.3, 0.4) is 0 Å².